The van der Waals surface area contributed by atoms with Crippen LogP contribution >= 0.6 is 11.6 Å². The number of carboxylic acid groups (broad SMARTS) is 1. The first kappa shape index (κ1) is 24.9. The molecular weight excluding hydrogens is 440 g/mol. The molecule has 0 bridgehead atoms. The van der Waals surface area contributed by atoms with Gasteiger partial charge in [-0.05, 0) is 62.4 Å². The highest BCUT2D eigenvalue weighted by molar-refractivity contribution is 6.31. The number of benzene rings is 2. The molecule has 1 aromatic heterocycles. The maximum Gasteiger partial charge on any atom is 0.303 e. The van der Waals surface area contributed by atoms with E-state index in [1.54, 1.807) is 0 Å². The third-order valence-electron chi connectivity index (χ3n) is 5.58. The second-order valence-electron chi connectivity index (χ2n) is 8.26. The van der Waals surface area contributed by atoms with Crippen LogP contribution in [-0.4, -0.2) is 33.8 Å². The molecule has 7 heteroatoms. The number of rotatable bonds is 14. The quantitative estimate of drug-likeness (QED) is 0.266. The number of aliphatic carboxylic acids is 1. The molecule has 0 saturated carbocycles. The van der Waals surface area contributed by atoms with E-state index >= 15 is 0 Å². The summed E-state index contributed by atoms with van der Waals surface area (Å²) in [7, 11) is 0. The lowest BCUT2D eigenvalue weighted by Gasteiger charge is -2.12. The summed E-state index contributed by atoms with van der Waals surface area (Å²) in [6, 6.07) is 11.8. The summed E-state index contributed by atoms with van der Waals surface area (Å²) >= 11 is 6.58. The zero-order valence-corrected chi connectivity index (χ0v) is 20.2. The molecule has 1 heterocycles. The van der Waals surface area contributed by atoms with E-state index in [1.807, 2.05) is 43.3 Å². The lowest BCUT2D eigenvalue weighted by atomic mass is 10.2. The number of carboxylic acids is 1. The number of hydrogen-bond donors (Lipinski definition) is 1. The van der Waals surface area contributed by atoms with Gasteiger partial charge in [-0.15, -0.1) is 0 Å². The highest BCUT2D eigenvalue weighted by atomic mass is 35.5. The van der Waals surface area contributed by atoms with Crippen LogP contribution in [0.25, 0.3) is 11.0 Å². The van der Waals surface area contributed by atoms with Crippen LogP contribution in [0.3, 0.4) is 0 Å². The van der Waals surface area contributed by atoms with Crippen LogP contribution < -0.4 is 9.47 Å². The van der Waals surface area contributed by atoms with Gasteiger partial charge in [0.1, 0.15) is 17.3 Å². The van der Waals surface area contributed by atoms with Crippen molar-refractivity contribution in [1.82, 2.24) is 9.55 Å². The number of halogens is 1. The molecule has 0 fully saturated rings. The van der Waals surface area contributed by atoms with Crippen LogP contribution in [0.5, 0.6) is 11.5 Å². The van der Waals surface area contributed by atoms with Crippen LogP contribution in [0.1, 0.15) is 63.3 Å². The number of carbonyl (C=O) groups is 1. The molecule has 0 aliphatic rings. The Kier molecular flexibility index (Phi) is 9.43. The van der Waals surface area contributed by atoms with Gasteiger partial charge in [0.2, 0.25) is 0 Å². The second kappa shape index (κ2) is 12.5. The molecular formula is C26H33ClN2O4. The summed E-state index contributed by atoms with van der Waals surface area (Å²) in [6.45, 7) is 6.03. The number of aryl methyl sites for hydroxylation is 1. The zero-order chi connectivity index (χ0) is 23.6. The molecule has 0 radical (unpaired) electrons. The van der Waals surface area contributed by atoms with Crippen LogP contribution in [0.2, 0.25) is 5.02 Å². The van der Waals surface area contributed by atoms with Gasteiger partial charge in [0.25, 0.3) is 0 Å². The molecule has 3 rings (SSSR count). The SMILES string of the molecule is CCCCCOc1ccc(Cn2c(C)nc3ccc(OCCCCCC(=O)O)cc32)c(Cl)c1. The molecule has 0 aliphatic heterocycles. The second-order valence-corrected chi connectivity index (χ2v) is 8.66. The zero-order valence-electron chi connectivity index (χ0n) is 19.5. The molecule has 0 aliphatic carbocycles. The van der Waals surface area contributed by atoms with Gasteiger partial charge in [-0.25, -0.2) is 4.98 Å². The highest BCUT2D eigenvalue weighted by Crippen LogP contribution is 2.27. The number of nitrogens with zero attached hydrogens (tertiary/aromatic N) is 2. The van der Waals surface area contributed by atoms with Gasteiger partial charge in [0.15, 0.2) is 0 Å². The molecule has 178 valence electrons. The van der Waals surface area contributed by atoms with Crippen molar-refractivity contribution >= 4 is 28.6 Å². The van der Waals surface area contributed by atoms with Crippen molar-refractivity contribution in [2.45, 2.75) is 65.3 Å². The summed E-state index contributed by atoms with van der Waals surface area (Å²) in [5, 5.41) is 9.39. The topological polar surface area (TPSA) is 73.6 Å². The van der Waals surface area contributed by atoms with E-state index in [2.05, 4.69) is 16.5 Å². The first-order valence-corrected chi connectivity index (χ1v) is 12.1. The van der Waals surface area contributed by atoms with Gasteiger partial charge in [-0.3, -0.25) is 4.79 Å². The molecule has 0 saturated heterocycles. The molecule has 0 spiro atoms. The van der Waals surface area contributed by atoms with Crippen molar-refractivity contribution in [2.24, 2.45) is 0 Å². The number of imidazole rings is 1. The predicted molar refractivity (Wildman–Crippen MR) is 132 cm³/mol. The normalized spacial score (nSPS) is 11.1. The molecule has 0 unspecified atom stereocenters. The van der Waals surface area contributed by atoms with E-state index in [4.69, 9.17) is 26.2 Å². The van der Waals surface area contributed by atoms with Gasteiger partial charge in [0, 0.05) is 17.5 Å². The maximum absolute atomic E-state index is 10.6. The van der Waals surface area contributed by atoms with Crippen molar-refractivity contribution in [3.05, 3.63) is 52.8 Å². The summed E-state index contributed by atoms with van der Waals surface area (Å²) in [5.41, 5.74) is 2.91. The Labute approximate surface area is 200 Å². The third-order valence-corrected chi connectivity index (χ3v) is 5.94. The Balaban J connectivity index is 1.64. The molecule has 2 aromatic carbocycles. The number of hydrogen-bond acceptors (Lipinski definition) is 4. The van der Waals surface area contributed by atoms with Crippen LogP contribution in [-0.2, 0) is 11.3 Å². The lowest BCUT2D eigenvalue weighted by Crippen LogP contribution is -2.04. The number of aromatic nitrogens is 2. The predicted octanol–water partition coefficient (Wildman–Crippen LogP) is 6.64. The first-order valence-electron chi connectivity index (χ1n) is 11.7. The number of ether oxygens (including phenoxy) is 2. The van der Waals surface area contributed by atoms with Gasteiger partial charge in [-0.1, -0.05) is 37.4 Å². The van der Waals surface area contributed by atoms with E-state index in [0.717, 1.165) is 59.6 Å². The first-order chi connectivity index (χ1) is 16.0. The summed E-state index contributed by atoms with van der Waals surface area (Å²) < 4.78 is 13.8. The standard InChI is InChI=1S/C26H33ClN2O4/c1-3-4-7-14-32-21-11-10-20(23(27)16-21)18-29-19(2)28-24-13-12-22(17-25(24)29)33-15-8-5-6-9-26(30)31/h10-13,16-17H,3-9,14-15,18H2,1-2H3,(H,30,31). The Morgan fingerprint density at radius 1 is 1.00 bits per heavy atom. The molecule has 0 atom stereocenters. The van der Waals surface area contributed by atoms with E-state index in [0.29, 0.717) is 31.2 Å². The van der Waals surface area contributed by atoms with E-state index in [-0.39, 0.29) is 6.42 Å². The monoisotopic (exact) mass is 472 g/mol. The molecule has 3 aromatic rings. The molecule has 33 heavy (non-hydrogen) atoms. The average Bonchev–Trinajstić information content (AvgIpc) is 3.09. The third kappa shape index (κ3) is 7.39. The van der Waals surface area contributed by atoms with E-state index < -0.39 is 5.97 Å². The minimum Gasteiger partial charge on any atom is -0.494 e. The van der Waals surface area contributed by atoms with Gasteiger partial charge >= 0.3 is 5.97 Å². The summed E-state index contributed by atoms with van der Waals surface area (Å²) in [6.07, 6.45) is 5.92. The van der Waals surface area contributed by atoms with Crippen molar-refractivity contribution in [2.75, 3.05) is 13.2 Å². The van der Waals surface area contributed by atoms with Crippen molar-refractivity contribution in [3.8, 4) is 11.5 Å². The summed E-state index contributed by atoms with van der Waals surface area (Å²) in [4.78, 5) is 15.3. The fourth-order valence-electron chi connectivity index (χ4n) is 3.72. The van der Waals surface area contributed by atoms with Gasteiger partial charge < -0.3 is 19.1 Å². The van der Waals surface area contributed by atoms with Crippen molar-refractivity contribution in [3.63, 3.8) is 0 Å². The Hall–Kier alpha value is -2.73. The molecule has 0 amide bonds. The Morgan fingerprint density at radius 2 is 1.70 bits per heavy atom. The fourth-order valence-corrected chi connectivity index (χ4v) is 3.95. The van der Waals surface area contributed by atoms with E-state index in [1.165, 1.54) is 6.42 Å². The van der Waals surface area contributed by atoms with Crippen molar-refractivity contribution < 1.29 is 19.4 Å². The Morgan fingerprint density at radius 3 is 2.39 bits per heavy atom. The smallest absolute Gasteiger partial charge is 0.303 e. The lowest BCUT2D eigenvalue weighted by molar-refractivity contribution is -0.137. The van der Waals surface area contributed by atoms with Gasteiger partial charge in [0.05, 0.1) is 30.8 Å². The largest absolute Gasteiger partial charge is 0.494 e. The van der Waals surface area contributed by atoms with Crippen molar-refractivity contribution in [1.29, 1.82) is 0 Å². The fraction of sp³-hybridized carbons (Fsp3) is 0.462. The molecule has 6 nitrogen and oxygen atoms in total. The Bertz CT molecular complexity index is 1060. The number of fused-ring (bicyclic) bond motifs is 1. The van der Waals surface area contributed by atoms with Gasteiger partial charge in [-0.2, -0.15) is 0 Å². The minimum absolute atomic E-state index is 0.207. The molecule has 1 N–H and O–H groups in total. The summed E-state index contributed by atoms with van der Waals surface area (Å²) in [5.74, 6) is 1.74. The van der Waals surface area contributed by atoms with Crippen LogP contribution in [0, 0.1) is 6.92 Å². The van der Waals surface area contributed by atoms with Crippen LogP contribution in [0.15, 0.2) is 36.4 Å². The minimum atomic E-state index is -0.751. The van der Waals surface area contributed by atoms with E-state index in [9.17, 15) is 4.79 Å². The average molecular weight is 473 g/mol. The number of unbranched alkanes of at least 4 members (excludes halogenated alkanes) is 4. The maximum atomic E-state index is 10.6. The highest BCUT2D eigenvalue weighted by Gasteiger charge is 2.12. The van der Waals surface area contributed by atoms with Crippen LogP contribution in [0.4, 0.5) is 0 Å².